The first-order valence-electron chi connectivity index (χ1n) is 9.48. The van der Waals surface area contributed by atoms with Gasteiger partial charge < -0.3 is 0 Å². The average molecular weight is 401 g/mol. The molecular formula is C19H38OSn. The predicted octanol–water partition coefficient (Wildman–Crippen LogP) is 6.85. The fourth-order valence-corrected chi connectivity index (χ4v) is 21.3. The SMILES string of the molecule is CCC[CH2][Sn]([CH2]CCC)([CH2]CCC)[C]1=C(OC(C)C)CC1. The molecule has 0 aromatic rings. The Morgan fingerprint density at radius 2 is 1.33 bits per heavy atom. The van der Waals surface area contributed by atoms with Crippen molar-refractivity contribution in [3.05, 3.63) is 9.35 Å². The van der Waals surface area contributed by atoms with Crippen molar-refractivity contribution in [3.8, 4) is 0 Å². The van der Waals surface area contributed by atoms with Gasteiger partial charge in [0.2, 0.25) is 0 Å². The van der Waals surface area contributed by atoms with Crippen molar-refractivity contribution in [2.45, 2.75) is 105 Å². The maximum atomic E-state index is 6.18. The Hall–Kier alpha value is 0.339. The van der Waals surface area contributed by atoms with Gasteiger partial charge in [-0.15, -0.1) is 0 Å². The molecule has 0 spiro atoms. The number of rotatable bonds is 12. The normalized spacial score (nSPS) is 15.5. The van der Waals surface area contributed by atoms with Gasteiger partial charge in [0.05, 0.1) is 0 Å². The van der Waals surface area contributed by atoms with Gasteiger partial charge in [0.15, 0.2) is 0 Å². The third-order valence-electron chi connectivity index (χ3n) is 4.98. The van der Waals surface area contributed by atoms with Crippen LogP contribution >= 0.6 is 0 Å². The van der Waals surface area contributed by atoms with Gasteiger partial charge in [-0.1, -0.05) is 0 Å². The maximum absolute atomic E-state index is 6.18. The predicted molar refractivity (Wildman–Crippen MR) is 97.4 cm³/mol. The minimum absolute atomic E-state index is 0.364. The van der Waals surface area contributed by atoms with Crippen LogP contribution in [0, 0.1) is 0 Å². The summed E-state index contributed by atoms with van der Waals surface area (Å²) in [5.41, 5.74) is 0. The summed E-state index contributed by atoms with van der Waals surface area (Å²) in [5, 5.41) is 0. The van der Waals surface area contributed by atoms with E-state index in [1.54, 1.807) is 13.3 Å². The first-order valence-corrected chi connectivity index (χ1v) is 17.0. The molecule has 0 heterocycles. The van der Waals surface area contributed by atoms with Crippen LogP contribution < -0.4 is 0 Å². The van der Waals surface area contributed by atoms with E-state index in [1.165, 1.54) is 57.1 Å². The Bertz CT molecular complexity index is 298. The number of hydrogen-bond acceptors (Lipinski definition) is 1. The van der Waals surface area contributed by atoms with Crippen LogP contribution in [-0.4, -0.2) is 24.5 Å². The van der Waals surface area contributed by atoms with Crippen LogP contribution in [0.3, 0.4) is 0 Å². The van der Waals surface area contributed by atoms with Crippen molar-refractivity contribution in [3.63, 3.8) is 0 Å². The van der Waals surface area contributed by atoms with Crippen LogP contribution in [0.25, 0.3) is 0 Å². The molecule has 0 atom stereocenters. The van der Waals surface area contributed by atoms with Crippen molar-refractivity contribution in [2.75, 3.05) is 0 Å². The van der Waals surface area contributed by atoms with E-state index in [2.05, 4.69) is 34.6 Å². The summed E-state index contributed by atoms with van der Waals surface area (Å²) in [5.74, 6) is 1.45. The molecule has 0 aliphatic heterocycles. The van der Waals surface area contributed by atoms with Crippen molar-refractivity contribution in [1.29, 1.82) is 0 Å². The third kappa shape index (κ3) is 5.80. The average Bonchev–Trinajstić information content (AvgIpc) is 2.44. The van der Waals surface area contributed by atoms with E-state index in [0.717, 1.165) is 0 Å². The van der Waals surface area contributed by atoms with E-state index in [0.29, 0.717) is 6.10 Å². The molecule has 0 fully saturated rings. The first-order chi connectivity index (χ1) is 10.1. The summed E-state index contributed by atoms with van der Waals surface area (Å²) in [6, 6.07) is 0. The molecule has 0 bridgehead atoms. The fourth-order valence-electron chi connectivity index (χ4n) is 3.70. The van der Waals surface area contributed by atoms with Gasteiger partial charge in [-0.25, -0.2) is 0 Å². The topological polar surface area (TPSA) is 9.23 Å². The monoisotopic (exact) mass is 402 g/mol. The summed E-state index contributed by atoms with van der Waals surface area (Å²) in [7, 11) is 0. The minimum atomic E-state index is -2.13. The van der Waals surface area contributed by atoms with Crippen LogP contribution in [0.1, 0.15) is 86.0 Å². The quantitative estimate of drug-likeness (QED) is 0.325. The van der Waals surface area contributed by atoms with Gasteiger partial charge >= 0.3 is 138 Å². The Morgan fingerprint density at radius 3 is 1.62 bits per heavy atom. The molecule has 0 N–H and O–H groups in total. The second kappa shape index (κ2) is 10.2. The van der Waals surface area contributed by atoms with Crippen molar-refractivity contribution < 1.29 is 4.74 Å². The van der Waals surface area contributed by atoms with Crippen LogP contribution in [0.5, 0.6) is 0 Å². The fraction of sp³-hybridized carbons (Fsp3) is 0.895. The van der Waals surface area contributed by atoms with Gasteiger partial charge in [-0.05, 0) is 0 Å². The van der Waals surface area contributed by atoms with Gasteiger partial charge in [0.1, 0.15) is 0 Å². The zero-order chi connectivity index (χ0) is 15.7. The van der Waals surface area contributed by atoms with Gasteiger partial charge in [-0.3, -0.25) is 0 Å². The van der Waals surface area contributed by atoms with Crippen molar-refractivity contribution in [1.82, 2.24) is 0 Å². The zero-order valence-electron chi connectivity index (χ0n) is 15.3. The first kappa shape index (κ1) is 19.4. The van der Waals surface area contributed by atoms with Crippen LogP contribution in [-0.2, 0) is 4.74 Å². The number of hydrogen-bond donors (Lipinski definition) is 0. The Kier molecular flexibility index (Phi) is 9.39. The molecule has 1 nitrogen and oxygen atoms in total. The van der Waals surface area contributed by atoms with Gasteiger partial charge in [-0.2, -0.15) is 0 Å². The molecule has 1 rings (SSSR count). The molecule has 21 heavy (non-hydrogen) atoms. The molecule has 0 aromatic carbocycles. The summed E-state index contributed by atoms with van der Waals surface area (Å²) < 4.78 is 12.9. The molecule has 0 aromatic heterocycles. The molecule has 2 heteroatoms. The Balaban J connectivity index is 2.95. The molecule has 0 unspecified atom stereocenters. The molecule has 0 saturated carbocycles. The summed E-state index contributed by atoms with van der Waals surface area (Å²) in [6.45, 7) is 11.4. The van der Waals surface area contributed by atoms with E-state index < -0.39 is 18.4 Å². The van der Waals surface area contributed by atoms with Crippen LogP contribution in [0.2, 0.25) is 13.3 Å². The number of unbranched alkanes of at least 4 members (excludes halogenated alkanes) is 3. The van der Waals surface area contributed by atoms with Crippen molar-refractivity contribution >= 4 is 18.4 Å². The summed E-state index contributed by atoms with van der Waals surface area (Å²) in [6.07, 6.45) is 11.5. The second-order valence-electron chi connectivity index (χ2n) is 7.16. The van der Waals surface area contributed by atoms with Crippen LogP contribution in [0.4, 0.5) is 0 Å². The molecule has 1 aliphatic carbocycles. The standard InChI is InChI=1S/C7H11O.3C4H9.Sn/c1-6(2)8-7-4-3-5-7;3*1-3-4-2;/h6H,3-4H2,1-2H3;3*1,3-4H2,2H3;. The molecule has 1 aliphatic rings. The Labute approximate surface area is 137 Å². The summed E-state index contributed by atoms with van der Waals surface area (Å²) >= 11 is -2.13. The van der Waals surface area contributed by atoms with E-state index in [9.17, 15) is 0 Å². The van der Waals surface area contributed by atoms with E-state index in [4.69, 9.17) is 4.74 Å². The van der Waals surface area contributed by atoms with Gasteiger partial charge in [0.25, 0.3) is 0 Å². The van der Waals surface area contributed by atoms with Gasteiger partial charge in [0, 0.05) is 0 Å². The Morgan fingerprint density at radius 1 is 0.857 bits per heavy atom. The van der Waals surface area contributed by atoms with E-state index in [-0.39, 0.29) is 0 Å². The molecular weight excluding hydrogens is 363 g/mol. The van der Waals surface area contributed by atoms with E-state index in [1.807, 2.05) is 3.59 Å². The molecule has 0 saturated heterocycles. The zero-order valence-corrected chi connectivity index (χ0v) is 18.1. The van der Waals surface area contributed by atoms with Crippen LogP contribution in [0.15, 0.2) is 9.35 Å². The molecule has 0 radical (unpaired) electrons. The number of allylic oxidation sites excluding steroid dienone is 2. The third-order valence-corrected chi connectivity index (χ3v) is 21.4. The van der Waals surface area contributed by atoms with Crippen molar-refractivity contribution in [2.24, 2.45) is 0 Å². The van der Waals surface area contributed by atoms with E-state index >= 15 is 0 Å². The molecule has 124 valence electrons. The summed E-state index contributed by atoms with van der Waals surface area (Å²) in [4.78, 5) is 0. The second-order valence-corrected chi connectivity index (χ2v) is 20.5. The number of ether oxygens (including phenoxy) is 1. The molecule has 0 amide bonds.